The third-order valence-electron chi connectivity index (χ3n) is 4.55. The molecule has 2 heterocycles. The number of aliphatic hydroxyl groups excluding tert-OH is 1. The van der Waals surface area contributed by atoms with Crippen molar-refractivity contribution in [2.75, 3.05) is 19.8 Å². The molecule has 2 fully saturated rings. The lowest BCUT2D eigenvalue weighted by molar-refractivity contribution is -0.186. The molecule has 0 radical (unpaired) electrons. The quantitative estimate of drug-likeness (QED) is 0.888. The van der Waals surface area contributed by atoms with Crippen LogP contribution >= 0.6 is 0 Å². The Kier molecular flexibility index (Phi) is 5.17. The van der Waals surface area contributed by atoms with Gasteiger partial charge in [-0.15, -0.1) is 0 Å². The summed E-state index contributed by atoms with van der Waals surface area (Å²) in [6.07, 6.45) is -2.45. The number of halogens is 3. The average molecular weight is 362 g/mol. The molecule has 3 rings (SSSR count). The van der Waals surface area contributed by atoms with Crippen LogP contribution in [0.4, 0.5) is 13.2 Å². The van der Waals surface area contributed by atoms with Gasteiger partial charge in [0.1, 0.15) is 6.10 Å². The van der Waals surface area contributed by atoms with Gasteiger partial charge in [0, 0.05) is 24.8 Å². The van der Waals surface area contributed by atoms with E-state index in [0.29, 0.717) is 38.9 Å². The highest BCUT2D eigenvalue weighted by Crippen LogP contribution is 2.37. The van der Waals surface area contributed by atoms with E-state index >= 15 is 0 Å². The molecule has 1 aliphatic carbocycles. The molecule has 0 bridgehead atoms. The maximum absolute atomic E-state index is 13.0. The maximum Gasteiger partial charge on any atom is 0.451 e. The fraction of sp³-hybridized carbons (Fsp3) is 0.750. The van der Waals surface area contributed by atoms with Gasteiger partial charge in [-0.1, -0.05) is 6.92 Å². The van der Waals surface area contributed by atoms with Gasteiger partial charge in [0.05, 0.1) is 25.5 Å². The second kappa shape index (κ2) is 7.05. The van der Waals surface area contributed by atoms with Crippen LogP contribution in [0.2, 0.25) is 0 Å². The van der Waals surface area contributed by atoms with Crippen molar-refractivity contribution < 1.29 is 32.5 Å². The van der Waals surface area contributed by atoms with E-state index in [0.717, 1.165) is 0 Å². The largest absolute Gasteiger partial charge is 0.474 e. The van der Waals surface area contributed by atoms with Crippen LogP contribution in [-0.2, 0) is 15.7 Å². The van der Waals surface area contributed by atoms with Gasteiger partial charge >= 0.3 is 6.18 Å². The van der Waals surface area contributed by atoms with Gasteiger partial charge in [-0.2, -0.15) is 18.2 Å². The van der Waals surface area contributed by atoms with Crippen LogP contribution in [0, 0.1) is 0 Å². The first-order valence-electron chi connectivity index (χ1n) is 8.33. The lowest BCUT2D eigenvalue weighted by Gasteiger charge is -2.35. The summed E-state index contributed by atoms with van der Waals surface area (Å²) < 4.78 is 56.0. The molecular weight excluding hydrogens is 341 g/mol. The topological polar surface area (TPSA) is 73.7 Å². The second-order valence-corrected chi connectivity index (χ2v) is 6.46. The fourth-order valence-corrected chi connectivity index (χ4v) is 3.08. The summed E-state index contributed by atoms with van der Waals surface area (Å²) >= 11 is 0. The molecule has 25 heavy (non-hydrogen) atoms. The summed E-state index contributed by atoms with van der Waals surface area (Å²) in [6, 6.07) is 1.36. The van der Waals surface area contributed by atoms with E-state index < -0.39 is 23.7 Å². The number of hydrogen-bond donors (Lipinski definition) is 1. The van der Waals surface area contributed by atoms with Crippen LogP contribution < -0.4 is 4.74 Å². The normalized spacial score (nSPS) is 22.3. The minimum atomic E-state index is -4.68. The molecule has 140 valence electrons. The predicted octanol–water partition coefficient (Wildman–Crippen LogP) is 2.66. The number of aliphatic hydroxyl groups is 1. The van der Waals surface area contributed by atoms with Crippen LogP contribution in [0.25, 0.3) is 0 Å². The van der Waals surface area contributed by atoms with E-state index in [-0.39, 0.29) is 24.3 Å². The number of hydrogen-bond acceptors (Lipinski definition) is 6. The highest BCUT2D eigenvalue weighted by Gasteiger charge is 2.41. The molecule has 9 heteroatoms. The Balaban J connectivity index is 1.73. The van der Waals surface area contributed by atoms with Gasteiger partial charge < -0.3 is 19.3 Å². The zero-order valence-corrected chi connectivity index (χ0v) is 13.9. The van der Waals surface area contributed by atoms with E-state index in [1.54, 1.807) is 6.92 Å². The molecule has 1 aromatic heterocycles. The standard InChI is InChI=1S/C16H21F3N2O4/c1-10(9-22)12-8-13(21-14(20-12)16(17,18)19)25-11-2-4-15(5-3-11)23-6-7-24-15/h8,10-11,22H,2-7,9H2,1H3/t10-/m1/s1. The van der Waals surface area contributed by atoms with Gasteiger partial charge in [0.2, 0.25) is 11.7 Å². The van der Waals surface area contributed by atoms with Crippen LogP contribution in [-0.4, -0.2) is 46.8 Å². The number of rotatable bonds is 4. The Morgan fingerprint density at radius 1 is 1.28 bits per heavy atom. The SMILES string of the molecule is C[C@H](CO)c1cc(OC2CCC3(CC2)OCCO3)nc(C(F)(F)F)n1. The van der Waals surface area contributed by atoms with Crippen LogP contribution in [0.3, 0.4) is 0 Å². The van der Waals surface area contributed by atoms with E-state index in [1.165, 1.54) is 6.07 Å². The van der Waals surface area contributed by atoms with E-state index in [1.807, 2.05) is 0 Å². The zero-order chi connectivity index (χ0) is 18.1. The first kappa shape index (κ1) is 18.3. The first-order chi connectivity index (χ1) is 11.8. The Bertz CT molecular complexity index is 596. The van der Waals surface area contributed by atoms with Crippen LogP contribution in [0.15, 0.2) is 6.07 Å². The second-order valence-electron chi connectivity index (χ2n) is 6.46. The number of nitrogens with zero attached hydrogens (tertiary/aromatic N) is 2. The summed E-state index contributed by atoms with van der Waals surface area (Å²) in [4.78, 5) is 7.01. The molecule has 1 saturated carbocycles. The third-order valence-corrected chi connectivity index (χ3v) is 4.55. The van der Waals surface area contributed by atoms with Gasteiger partial charge in [-0.25, -0.2) is 4.98 Å². The lowest BCUT2D eigenvalue weighted by Crippen LogP contribution is -2.38. The minimum Gasteiger partial charge on any atom is -0.474 e. The Labute approximate surface area is 143 Å². The molecule has 1 saturated heterocycles. The van der Waals surface area contributed by atoms with Crippen molar-refractivity contribution in [3.05, 3.63) is 17.6 Å². The van der Waals surface area contributed by atoms with Gasteiger partial charge in [0.15, 0.2) is 5.79 Å². The van der Waals surface area contributed by atoms with E-state index in [9.17, 15) is 18.3 Å². The van der Waals surface area contributed by atoms with Crippen molar-refractivity contribution in [2.45, 2.75) is 56.6 Å². The maximum atomic E-state index is 13.0. The number of ether oxygens (including phenoxy) is 3. The molecule has 2 aliphatic rings. The molecule has 6 nitrogen and oxygen atoms in total. The van der Waals surface area contributed by atoms with Gasteiger partial charge in [-0.05, 0) is 12.8 Å². The first-order valence-corrected chi connectivity index (χ1v) is 8.33. The van der Waals surface area contributed by atoms with Crippen molar-refractivity contribution in [1.29, 1.82) is 0 Å². The molecule has 1 spiro atoms. The highest BCUT2D eigenvalue weighted by molar-refractivity contribution is 5.20. The third kappa shape index (κ3) is 4.21. The lowest BCUT2D eigenvalue weighted by atomic mass is 9.92. The minimum absolute atomic E-state index is 0.106. The Hall–Kier alpha value is -1.45. The van der Waals surface area contributed by atoms with Crippen molar-refractivity contribution in [1.82, 2.24) is 9.97 Å². The van der Waals surface area contributed by atoms with Crippen molar-refractivity contribution in [2.24, 2.45) is 0 Å². The summed E-state index contributed by atoms with van der Waals surface area (Å²) in [5.74, 6) is -2.47. The molecule has 0 unspecified atom stereocenters. The smallest absolute Gasteiger partial charge is 0.451 e. The molecule has 1 N–H and O–H groups in total. The molecule has 1 aliphatic heterocycles. The summed E-state index contributed by atoms with van der Waals surface area (Å²) in [5.41, 5.74) is 0.106. The summed E-state index contributed by atoms with van der Waals surface area (Å²) in [7, 11) is 0. The van der Waals surface area contributed by atoms with Gasteiger partial charge in [-0.3, -0.25) is 0 Å². The summed E-state index contributed by atoms with van der Waals surface area (Å²) in [6.45, 7) is 2.41. The predicted molar refractivity (Wildman–Crippen MR) is 80.1 cm³/mol. The summed E-state index contributed by atoms with van der Waals surface area (Å²) in [5, 5.41) is 9.20. The molecule has 1 aromatic rings. The molecular formula is C16H21F3N2O4. The highest BCUT2D eigenvalue weighted by atomic mass is 19.4. The monoisotopic (exact) mass is 362 g/mol. The number of aromatic nitrogens is 2. The van der Waals surface area contributed by atoms with Crippen LogP contribution in [0.1, 0.15) is 50.0 Å². The zero-order valence-electron chi connectivity index (χ0n) is 13.9. The number of alkyl halides is 3. The fourth-order valence-electron chi connectivity index (χ4n) is 3.08. The molecule has 0 amide bonds. The van der Waals surface area contributed by atoms with Crippen molar-refractivity contribution in [3.63, 3.8) is 0 Å². The Morgan fingerprint density at radius 3 is 2.48 bits per heavy atom. The van der Waals surface area contributed by atoms with E-state index in [4.69, 9.17) is 14.2 Å². The average Bonchev–Trinajstić information content (AvgIpc) is 3.03. The van der Waals surface area contributed by atoms with Crippen molar-refractivity contribution >= 4 is 0 Å². The van der Waals surface area contributed by atoms with E-state index in [2.05, 4.69) is 9.97 Å². The molecule has 1 atom stereocenters. The van der Waals surface area contributed by atoms with Crippen LogP contribution in [0.5, 0.6) is 5.88 Å². The Morgan fingerprint density at radius 2 is 1.92 bits per heavy atom. The van der Waals surface area contributed by atoms with Gasteiger partial charge in [0.25, 0.3) is 0 Å². The molecule has 0 aromatic carbocycles. The van der Waals surface area contributed by atoms with Crippen molar-refractivity contribution in [3.8, 4) is 5.88 Å².